The van der Waals surface area contributed by atoms with Crippen LogP contribution in [0.4, 0.5) is 16.2 Å². The van der Waals surface area contributed by atoms with Crippen molar-refractivity contribution in [1.82, 2.24) is 0 Å². The number of nitrogens with zero attached hydrogens (tertiary/aromatic N) is 2. The number of benzene rings is 2. The molecule has 0 bridgehead atoms. The normalized spacial score (nSPS) is 16.3. The summed E-state index contributed by atoms with van der Waals surface area (Å²) in [5.41, 5.74) is 2.95. The van der Waals surface area contributed by atoms with Crippen LogP contribution < -0.4 is 9.80 Å². The van der Waals surface area contributed by atoms with Crippen LogP contribution in [-0.2, 0) is 16.0 Å². The number of carbonyl (C=O) groups is 2. The van der Waals surface area contributed by atoms with Gasteiger partial charge in [-0.3, -0.25) is 4.79 Å². The van der Waals surface area contributed by atoms with Gasteiger partial charge in [-0.15, -0.1) is 0 Å². The van der Waals surface area contributed by atoms with Gasteiger partial charge < -0.3 is 9.64 Å². The van der Waals surface area contributed by atoms with Gasteiger partial charge in [-0.25, -0.2) is 9.69 Å². The number of para-hydroxylation sites is 1. The van der Waals surface area contributed by atoms with Crippen LogP contribution in [0.15, 0.2) is 48.5 Å². The molecule has 0 fully saturated rings. The first-order chi connectivity index (χ1) is 12.7. The first kappa shape index (κ1) is 19.0. The third-order valence-corrected chi connectivity index (χ3v) is 4.51. The predicted molar refractivity (Wildman–Crippen MR) is 107 cm³/mol. The van der Waals surface area contributed by atoms with Crippen LogP contribution in [0.2, 0.25) is 0 Å². The summed E-state index contributed by atoms with van der Waals surface area (Å²) in [6.07, 6.45) is -0.0823. The maximum absolute atomic E-state index is 13.1. The summed E-state index contributed by atoms with van der Waals surface area (Å²) in [5, 5.41) is 0. The van der Waals surface area contributed by atoms with Gasteiger partial charge in [0.05, 0.1) is 11.6 Å². The zero-order valence-electron chi connectivity index (χ0n) is 16.5. The molecule has 0 aliphatic carbocycles. The monoisotopic (exact) mass is 366 g/mol. The lowest BCUT2D eigenvalue weighted by Gasteiger charge is -2.24. The van der Waals surface area contributed by atoms with Gasteiger partial charge in [0.2, 0.25) is 5.91 Å². The molecule has 1 aliphatic rings. The molecule has 0 radical (unpaired) electrons. The van der Waals surface area contributed by atoms with Crippen LogP contribution in [0.25, 0.3) is 0 Å². The molecule has 2 amide bonds. The first-order valence-corrected chi connectivity index (χ1v) is 9.09. The minimum Gasteiger partial charge on any atom is -0.443 e. The van der Waals surface area contributed by atoms with Crippen LogP contribution in [-0.4, -0.2) is 31.7 Å². The summed E-state index contributed by atoms with van der Waals surface area (Å²) in [7, 11) is 3.97. The van der Waals surface area contributed by atoms with Crippen LogP contribution in [0.1, 0.15) is 37.8 Å². The van der Waals surface area contributed by atoms with Crippen LogP contribution in [0, 0.1) is 0 Å². The molecule has 0 saturated carbocycles. The van der Waals surface area contributed by atoms with E-state index in [1.54, 1.807) is 26.8 Å². The molecular weight excluding hydrogens is 340 g/mol. The highest BCUT2D eigenvalue weighted by Crippen LogP contribution is 2.40. The molecule has 0 N–H and O–H groups in total. The largest absolute Gasteiger partial charge is 0.443 e. The molecule has 1 aliphatic heterocycles. The third kappa shape index (κ3) is 3.97. The van der Waals surface area contributed by atoms with Crippen molar-refractivity contribution in [3.05, 3.63) is 59.7 Å². The molecule has 142 valence electrons. The second-order valence-corrected chi connectivity index (χ2v) is 8.03. The van der Waals surface area contributed by atoms with E-state index in [4.69, 9.17) is 4.74 Å². The van der Waals surface area contributed by atoms with Crippen molar-refractivity contribution >= 4 is 23.4 Å². The van der Waals surface area contributed by atoms with Gasteiger partial charge in [0, 0.05) is 19.8 Å². The molecule has 0 spiro atoms. The van der Waals surface area contributed by atoms with Crippen molar-refractivity contribution in [3.63, 3.8) is 0 Å². The zero-order chi connectivity index (χ0) is 19.8. The van der Waals surface area contributed by atoms with E-state index in [1.807, 2.05) is 55.4 Å². The average Bonchev–Trinajstić information content (AvgIpc) is 2.86. The first-order valence-electron chi connectivity index (χ1n) is 9.09. The third-order valence-electron chi connectivity index (χ3n) is 4.51. The SMILES string of the molecule is CN(C)c1cccc(CC2C(=O)N(C(=O)OC(C)(C)C)c3ccccc32)c1. The number of ether oxygens (including phenoxy) is 1. The molecule has 2 aromatic rings. The number of anilines is 2. The summed E-state index contributed by atoms with van der Waals surface area (Å²) >= 11 is 0. The van der Waals surface area contributed by atoms with Gasteiger partial charge in [0.25, 0.3) is 0 Å². The van der Waals surface area contributed by atoms with E-state index in [1.165, 1.54) is 4.90 Å². The van der Waals surface area contributed by atoms with E-state index in [9.17, 15) is 9.59 Å². The summed E-state index contributed by atoms with van der Waals surface area (Å²) in [4.78, 5) is 29.0. The molecule has 0 aromatic heterocycles. The number of hydrogen-bond donors (Lipinski definition) is 0. The molecule has 3 rings (SSSR count). The Bertz CT molecular complexity index is 868. The maximum atomic E-state index is 13.1. The smallest absolute Gasteiger partial charge is 0.421 e. The Morgan fingerprint density at radius 3 is 2.48 bits per heavy atom. The fourth-order valence-electron chi connectivity index (χ4n) is 3.28. The summed E-state index contributed by atoms with van der Waals surface area (Å²) < 4.78 is 5.46. The fourth-order valence-corrected chi connectivity index (χ4v) is 3.28. The standard InChI is InChI=1S/C22H26N2O3/c1-22(2,3)27-21(26)24-19-12-7-6-11-17(19)18(20(24)25)14-15-9-8-10-16(13-15)23(4)5/h6-13,18H,14H2,1-5H3. The van der Waals surface area contributed by atoms with Crippen LogP contribution >= 0.6 is 0 Å². The Labute approximate surface area is 160 Å². The second-order valence-electron chi connectivity index (χ2n) is 8.03. The lowest BCUT2D eigenvalue weighted by molar-refractivity contribution is -0.119. The molecule has 27 heavy (non-hydrogen) atoms. The van der Waals surface area contributed by atoms with Crippen molar-refractivity contribution in [2.75, 3.05) is 23.9 Å². The maximum Gasteiger partial charge on any atom is 0.421 e. The van der Waals surface area contributed by atoms with Crippen molar-refractivity contribution in [1.29, 1.82) is 0 Å². The highest BCUT2D eigenvalue weighted by Gasteiger charge is 2.42. The molecular formula is C22H26N2O3. The van der Waals surface area contributed by atoms with E-state index in [2.05, 4.69) is 6.07 Å². The molecule has 1 atom stereocenters. The van der Waals surface area contributed by atoms with E-state index < -0.39 is 17.6 Å². The van der Waals surface area contributed by atoms with Gasteiger partial charge >= 0.3 is 6.09 Å². The zero-order valence-corrected chi connectivity index (χ0v) is 16.5. The average molecular weight is 366 g/mol. The predicted octanol–water partition coefficient (Wildman–Crippen LogP) is 4.36. The Morgan fingerprint density at radius 1 is 1.11 bits per heavy atom. The second kappa shape index (κ2) is 7.06. The van der Waals surface area contributed by atoms with Crippen LogP contribution in [0.5, 0.6) is 0 Å². The Balaban J connectivity index is 1.92. The summed E-state index contributed by atoms with van der Waals surface area (Å²) in [6, 6.07) is 15.5. The van der Waals surface area contributed by atoms with Gasteiger partial charge in [-0.05, 0) is 56.5 Å². The molecule has 5 heteroatoms. The number of fused-ring (bicyclic) bond motifs is 1. The topological polar surface area (TPSA) is 49.9 Å². The Hall–Kier alpha value is -2.82. The lowest BCUT2D eigenvalue weighted by Crippen LogP contribution is -2.39. The number of rotatable bonds is 3. The number of amides is 2. The molecule has 5 nitrogen and oxygen atoms in total. The fraction of sp³-hybridized carbons (Fsp3) is 0.364. The van der Waals surface area contributed by atoms with Crippen molar-refractivity contribution < 1.29 is 14.3 Å². The minimum atomic E-state index is -0.662. The molecule has 1 unspecified atom stereocenters. The van der Waals surface area contributed by atoms with Gasteiger partial charge in [0.15, 0.2) is 0 Å². The van der Waals surface area contributed by atoms with Crippen molar-refractivity contribution in [2.24, 2.45) is 0 Å². The number of hydrogen-bond acceptors (Lipinski definition) is 4. The quantitative estimate of drug-likeness (QED) is 0.810. The Morgan fingerprint density at radius 2 is 1.81 bits per heavy atom. The van der Waals surface area contributed by atoms with Crippen molar-refractivity contribution in [2.45, 2.75) is 38.7 Å². The molecule has 0 saturated heterocycles. The number of carbonyl (C=O) groups excluding carboxylic acids is 2. The van der Waals surface area contributed by atoms with Gasteiger partial charge in [-0.1, -0.05) is 30.3 Å². The summed E-state index contributed by atoms with van der Waals surface area (Å²) in [6.45, 7) is 5.38. The minimum absolute atomic E-state index is 0.235. The highest BCUT2D eigenvalue weighted by molar-refractivity contribution is 6.19. The molecule has 1 heterocycles. The van der Waals surface area contributed by atoms with Crippen molar-refractivity contribution in [3.8, 4) is 0 Å². The lowest BCUT2D eigenvalue weighted by atomic mass is 9.93. The Kier molecular flexibility index (Phi) is 4.96. The highest BCUT2D eigenvalue weighted by atomic mass is 16.6. The van der Waals surface area contributed by atoms with Gasteiger partial charge in [-0.2, -0.15) is 0 Å². The summed E-state index contributed by atoms with van der Waals surface area (Å²) in [5.74, 6) is -0.633. The number of imide groups is 1. The van der Waals surface area contributed by atoms with Gasteiger partial charge in [0.1, 0.15) is 5.60 Å². The van der Waals surface area contributed by atoms with Crippen LogP contribution in [0.3, 0.4) is 0 Å². The van der Waals surface area contributed by atoms with E-state index in [-0.39, 0.29) is 5.91 Å². The molecule has 2 aromatic carbocycles. The van der Waals surface area contributed by atoms with E-state index >= 15 is 0 Å². The van der Waals surface area contributed by atoms with E-state index in [0.29, 0.717) is 12.1 Å². The van der Waals surface area contributed by atoms with E-state index in [0.717, 1.165) is 16.8 Å².